The highest BCUT2D eigenvalue weighted by atomic mass is 32.2. The lowest BCUT2D eigenvalue weighted by Gasteiger charge is -2.31. The van der Waals surface area contributed by atoms with Gasteiger partial charge in [-0.2, -0.15) is 0 Å². The van der Waals surface area contributed by atoms with Crippen LogP contribution in [0.15, 0.2) is 65.6 Å². The van der Waals surface area contributed by atoms with Crippen LogP contribution in [-0.4, -0.2) is 20.9 Å². The fourth-order valence-electron chi connectivity index (χ4n) is 3.74. The van der Waals surface area contributed by atoms with Crippen molar-refractivity contribution in [3.8, 4) is 0 Å². The van der Waals surface area contributed by atoms with E-state index in [0.717, 1.165) is 22.0 Å². The Morgan fingerprint density at radius 1 is 0.966 bits per heavy atom. The van der Waals surface area contributed by atoms with E-state index in [0.29, 0.717) is 31.0 Å². The van der Waals surface area contributed by atoms with Gasteiger partial charge in [0.1, 0.15) is 0 Å². The highest BCUT2D eigenvalue weighted by Gasteiger charge is 2.25. The standard InChI is InChI=1S/C23H24N2O3S/c1-16(2)15-25-22-11-9-20(13-19(22)8-12-23(25)26)24-29(27,28)21-10-7-17-5-3-4-6-18(17)14-21/h3-7,9-11,13-14,16,24H,8,12,15H2,1-2H3. The summed E-state index contributed by atoms with van der Waals surface area (Å²) in [5.41, 5.74) is 2.38. The van der Waals surface area contributed by atoms with Crippen molar-refractivity contribution >= 4 is 38.1 Å². The molecule has 1 aliphatic heterocycles. The quantitative estimate of drug-likeness (QED) is 0.672. The average Bonchev–Trinajstić information content (AvgIpc) is 2.69. The first-order valence-corrected chi connectivity index (χ1v) is 11.3. The van der Waals surface area contributed by atoms with Gasteiger partial charge in [-0.15, -0.1) is 0 Å². The number of nitrogens with zero attached hydrogens (tertiary/aromatic N) is 1. The Morgan fingerprint density at radius 3 is 2.48 bits per heavy atom. The lowest BCUT2D eigenvalue weighted by Crippen LogP contribution is -2.37. The zero-order chi connectivity index (χ0) is 20.6. The molecular weight excluding hydrogens is 384 g/mol. The minimum atomic E-state index is -3.71. The zero-order valence-electron chi connectivity index (χ0n) is 16.6. The van der Waals surface area contributed by atoms with Crippen molar-refractivity contribution in [3.63, 3.8) is 0 Å². The molecule has 0 radical (unpaired) electrons. The van der Waals surface area contributed by atoms with Crippen LogP contribution < -0.4 is 9.62 Å². The van der Waals surface area contributed by atoms with Gasteiger partial charge in [-0.05, 0) is 59.0 Å². The van der Waals surface area contributed by atoms with Crippen LogP contribution in [0, 0.1) is 5.92 Å². The fourth-order valence-corrected chi connectivity index (χ4v) is 4.82. The number of fused-ring (bicyclic) bond motifs is 2. The van der Waals surface area contributed by atoms with Crippen LogP contribution in [0.2, 0.25) is 0 Å². The van der Waals surface area contributed by atoms with Gasteiger partial charge in [-0.3, -0.25) is 9.52 Å². The Morgan fingerprint density at radius 2 is 1.72 bits per heavy atom. The second-order valence-electron chi connectivity index (χ2n) is 7.86. The van der Waals surface area contributed by atoms with Crippen LogP contribution in [-0.2, 0) is 21.2 Å². The number of sulfonamides is 1. The first-order valence-electron chi connectivity index (χ1n) is 9.78. The van der Waals surface area contributed by atoms with Gasteiger partial charge >= 0.3 is 0 Å². The molecule has 0 atom stereocenters. The van der Waals surface area contributed by atoms with E-state index in [4.69, 9.17) is 0 Å². The smallest absolute Gasteiger partial charge is 0.261 e. The molecule has 0 saturated carbocycles. The summed E-state index contributed by atoms with van der Waals surface area (Å²) in [7, 11) is -3.71. The number of amides is 1. The molecule has 0 spiro atoms. The number of anilines is 2. The molecule has 0 bridgehead atoms. The van der Waals surface area contributed by atoms with Crippen LogP contribution in [0.3, 0.4) is 0 Å². The largest absolute Gasteiger partial charge is 0.312 e. The molecule has 0 saturated heterocycles. The topological polar surface area (TPSA) is 66.5 Å². The third kappa shape index (κ3) is 3.98. The maximum absolute atomic E-state index is 12.9. The molecule has 150 valence electrons. The average molecular weight is 409 g/mol. The van der Waals surface area contributed by atoms with Crippen LogP contribution in [0.1, 0.15) is 25.8 Å². The molecule has 6 heteroatoms. The maximum Gasteiger partial charge on any atom is 0.261 e. The van der Waals surface area contributed by atoms with Crippen molar-refractivity contribution in [2.75, 3.05) is 16.2 Å². The monoisotopic (exact) mass is 408 g/mol. The fraction of sp³-hybridized carbons (Fsp3) is 0.261. The first-order chi connectivity index (χ1) is 13.8. The SMILES string of the molecule is CC(C)CN1C(=O)CCc2cc(NS(=O)(=O)c3ccc4ccccc4c3)ccc21. The minimum absolute atomic E-state index is 0.121. The van der Waals surface area contributed by atoms with Crippen LogP contribution >= 0.6 is 0 Å². The lowest BCUT2D eigenvalue weighted by molar-refractivity contribution is -0.119. The summed E-state index contributed by atoms with van der Waals surface area (Å²) in [6.07, 6.45) is 1.06. The normalized spacial score (nSPS) is 14.3. The van der Waals surface area contributed by atoms with E-state index in [1.807, 2.05) is 47.4 Å². The Kier molecular flexibility index (Phi) is 5.04. The predicted octanol–water partition coefficient (Wildman–Crippen LogP) is 4.58. The lowest BCUT2D eigenvalue weighted by atomic mass is 9.99. The molecule has 0 unspecified atom stereocenters. The minimum Gasteiger partial charge on any atom is -0.312 e. The third-order valence-electron chi connectivity index (χ3n) is 5.11. The third-order valence-corrected chi connectivity index (χ3v) is 6.49. The van der Waals surface area contributed by atoms with E-state index < -0.39 is 10.0 Å². The van der Waals surface area contributed by atoms with Crippen molar-refractivity contribution in [3.05, 3.63) is 66.2 Å². The molecular formula is C23H24N2O3S. The number of carbonyl (C=O) groups is 1. The first kappa shape index (κ1) is 19.5. The van der Waals surface area contributed by atoms with Crippen molar-refractivity contribution < 1.29 is 13.2 Å². The summed E-state index contributed by atoms with van der Waals surface area (Å²) in [4.78, 5) is 14.4. The molecule has 1 amide bonds. The van der Waals surface area contributed by atoms with Gasteiger partial charge in [0.2, 0.25) is 5.91 Å². The van der Waals surface area contributed by atoms with Crippen molar-refractivity contribution in [1.29, 1.82) is 0 Å². The maximum atomic E-state index is 12.9. The summed E-state index contributed by atoms with van der Waals surface area (Å²) < 4.78 is 28.5. The second-order valence-corrected chi connectivity index (χ2v) is 9.54. The molecule has 3 aromatic carbocycles. The predicted molar refractivity (Wildman–Crippen MR) is 117 cm³/mol. The summed E-state index contributed by atoms with van der Waals surface area (Å²) in [6.45, 7) is 4.81. The summed E-state index contributed by atoms with van der Waals surface area (Å²) in [5.74, 6) is 0.478. The summed E-state index contributed by atoms with van der Waals surface area (Å²) in [6, 6.07) is 18.2. The Labute approximate surface area is 171 Å². The van der Waals surface area contributed by atoms with Gasteiger partial charge in [0, 0.05) is 24.3 Å². The molecule has 5 nitrogen and oxygen atoms in total. The van der Waals surface area contributed by atoms with Crippen LogP contribution in [0.4, 0.5) is 11.4 Å². The summed E-state index contributed by atoms with van der Waals surface area (Å²) in [5, 5.41) is 1.87. The molecule has 4 rings (SSSR count). The zero-order valence-corrected chi connectivity index (χ0v) is 17.4. The Hall–Kier alpha value is -2.86. The highest BCUT2D eigenvalue weighted by Crippen LogP contribution is 2.32. The molecule has 0 aliphatic carbocycles. The van der Waals surface area contributed by atoms with Gasteiger partial charge in [-0.25, -0.2) is 8.42 Å². The molecule has 1 N–H and O–H groups in total. The summed E-state index contributed by atoms with van der Waals surface area (Å²) >= 11 is 0. The number of hydrogen-bond donors (Lipinski definition) is 1. The number of carbonyl (C=O) groups excluding carboxylic acids is 1. The van der Waals surface area contributed by atoms with Crippen LogP contribution in [0.25, 0.3) is 10.8 Å². The Balaban J connectivity index is 1.63. The van der Waals surface area contributed by atoms with Crippen molar-refractivity contribution in [2.45, 2.75) is 31.6 Å². The number of aryl methyl sites for hydroxylation is 1. The van der Waals surface area contributed by atoms with Gasteiger partial charge < -0.3 is 4.90 Å². The van der Waals surface area contributed by atoms with Crippen molar-refractivity contribution in [1.82, 2.24) is 0 Å². The van der Waals surface area contributed by atoms with Gasteiger partial charge in [0.15, 0.2) is 0 Å². The Bertz CT molecular complexity index is 1190. The van der Waals surface area contributed by atoms with E-state index in [1.165, 1.54) is 0 Å². The van der Waals surface area contributed by atoms with E-state index in [9.17, 15) is 13.2 Å². The number of nitrogens with one attached hydrogen (secondary N) is 1. The number of benzene rings is 3. The molecule has 1 heterocycles. The highest BCUT2D eigenvalue weighted by molar-refractivity contribution is 7.92. The molecule has 29 heavy (non-hydrogen) atoms. The van der Waals surface area contributed by atoms with E-state index in [2.05, 4.69) is 18.6 Å². The van der Waals surface area contributed by atoms with Gasteiger partial charge in [-0.1, -0.05) is 44.2 Å². The molecule has 0 fully saturated rings. The van der Waals surface area contributed by atoms with Gasteiger partial charge in [0.05, 0.1) is 4.90 Å². The molecule has 0 aromatic heterocycles. The number of hydrogen-bond acceptors (Lipinski definition) is 3. The van der Waals surface area contributed by atoms with E-state index >= 15 is 0 Å². The molecule has 3 aromatic rings. The van der Waals surface area contributed by atoms with Gasteiger partial charge in [0.25, 0.3) is 10.0 Å². The van der Waals surface area contributed by atoms with Crippen molar-refractivity contribution in [2.24, 2.45) is 5.92 Å². The van der Waals surface area contributed by atoms with E-state index in [-0.39, 0.29) is 10.8 Å². The molecule has 1 aliphatic rings. The van der Waals surface area contributed by atoms with E-state index in [1.54, 1.807) is 18.2 Å². The number of rotatable bonds is 5. The second kappa shape index (κ2) is 7.52. The van der Waals surface area contributed by atoms with Crippen LogP contribution in [0.5, 0.6) is 0 Å².